The molecule has 0 aliphatic rings. The van der Waals surface area contributed by atoms with Gasteiger partial charge in [0, 0.05) is 47.5 Å². The molecular formula is C14H22BrN3O2. The van der Waals surface area contributed by atoms with Gasteiger partial charge in [0.25, 0.3) is 5.69 Å². The molecule has 0 saturated carbocycles. The Morgan fingerprint density at radius 1 is 1.30 bits per heavy atom. The SMILES string of the molecule is CC(C)N(CCNc1ccc([N+](=O)[O-])cc1Br)C(C)C. The van der Waals surface area contributed by atoms with E-state index in [2.05, 4.69) is 53.8 Å². The van der Waals surface area contributed by atoms with E-state index in [4.69, 9.17) is 0 Å². The second-order valence-electron chi connectivity index (χ2n) is 5.27. The number of nitrogens with one attached hydrogen (secondary N) is 1. The van der Waals surface area contributed by atoms with Crippen molar-refractivity contribution in [3.8, 4) is 0 Å². The van der Waals surface area contributed by atoms with Gasteiger partial charge in [0.2, 0.25) is 0 Å². The zero-order valence-electron chi connectivity index (χ0n) is 12.4. The molecule has 0 amide bonds. The van der Waals surface area contributed by atoms with E-state index in [0.29, 0.717) is 16.6 Å². The van der Waals surface area contributed by atoms with Crippen LogP contribution in [0.4, 0.5) is 11.4 Å². The van der Waals surface area contributed by atoms with Crippen molar-refractivity contribution in [3.05, 3.63) is 32.8 Å². The van der Waals surface area contributed by atoms with Gasteiger partial charge in [-0.2, -0.15) is 0 Å². The van der Waals surface area contributed by atoms with Crippen LogP contribution < -0.4 is 5.32 Å². The predicted molar refractivity (Wildman–Crippen MR) is 86.3 cm³/mol. The molecule has 112 valence electrons. The first-order chi connectivity index (χ1) is 9.32. The average molecular weight is 344 g/mol. The van der Waals surface area contributed by atoms with Crippen LogP contribution in [0.15, 0.2) is 22.7 Å². The molecule has 20 heavy (non-hydrogen) atoms. The molecule has 0 aromatic heterocycles. The number of nitro groups is 1. The normalized spacial score (nSPS) is 11.4. The first-order valence-electron chi connectivity index (χ1n) is 6.76. The summed E-state index contributed by atoms with van der Waals surface area (Å²) in [4.78, 5) is 12.7. The second kappa shape index (κ2) is 7.59. The number of hydrogen-bond acceptors (Lipinski definition) is 4. The van der Waals surface area contributed by atoms with Crippen LogP contribution in [-0.4, -0.2) is 35.0 Å². The van der Waals surface area contributed by atoms with Gasteiger partial charge in [0.05, 0.1) is 4.92 Å². The van der Waals surface area contributed by atoms with Gasteiger partial charge >= 0.3 is 0 Å². The first kappa shape index (κ1) is 16.9. The van der Waals surface area contributed by atoms with E-state index >= 15 is 0 Å². The van der Waals surface area contributed by atoms with Gasteiger partial charge in [-0.05, 0) is 49.7 Å². The minimum Gasteiger partial charge on any atom is -0.383 e. The van der Waals surface area contributed by atoms with E-state index in [1.54, 1.807) is 6.07 Å². The third-order valence-corrected chi connectivity index (χ3v) is 3.83. The Morgan fingerprint density at radius 3 is 2.35 bits per heavy atom. The summed E-state index contributed by atoms with van der Waals surface area (Å²) in [6.07, 6.45) is 0. The van der Waals surface area contributed by atoms with Crippen molar-refractivity contribution < 1.29 is 4.92 Å². The van der Waals surface area contributed by atoms with Gasteiger partial charge < -0.3 is 5.32 Å². The first-order valence-corrected chi connectivity index (χ1v) is 7.55. The average Bonchev–Trinajstić information content (AvgIpc) is 2.34. The fourth-order valence-electron chi connectivity index (χ4n) is 2.19. The fraction of sp³-hybridized carbons (Fsp3) is 0.571. The minimum atomic E-state index is -0.395. The van der Waals surface area contributed by atoms with Gasteiger partial charge in [-0.25, -0.2) is 0 Å². The second-order valence-corrected chi connectivity index (χ2v) is 6.13. The van der Waals surface area contributed by atoms with E-state index in [1.165, 1.54) is 12.1 Å². The molecule has 0 radical (unpaired) electrons. The highest BCUT2D eigenvalue weighted by Crippen LogP contribution is 2.26. The van der Waals surface area contributed by atoms with Crippen LogP contribution in [0.2, 0.25) is 0 Å². The van der Waals surface area contributed by atoms with Gasteiger partial charge in [0.1, 0.15) is 0 Å². The van der Waals surface area contributed by atoms with Crippen molar-refractivity contribution in [2.45, 2.75) is 39.8 Å². The molecule has 0 aliphatic heterocycles. The highest BCUT2D eigenvalue weighted by Gasteiger charge is 2.13. The molecule has 0 atom stereocenters. The van der Waals surface area contributed by atoms with Crippen molar-refractivity contribution in [2.75, 3.05) is 18.4 Å². The Hall–Kier alpha value is -1.14. The van der Waals surface area contributed by atoms with Crippen LogP contribution in [-0.2, 0) is 0 Å². The predicted octanol–water partition coefficient (Wildman–Crippen LogP) is 3.89. The highest BCUT2D eigenvalue weighted by molar-refractivity contribution is 9.10. The summed E-state index contributed by atoms with van der Waals surface area (Å²) in [6, 6.07) is 5.76. The molecule has 1 N–H and O–H groups in total. The zero-order valence-corrected chi connectivity index (χ0v) is 14.0. The van der Waals surface area contributed by atoms with Crippen molar-refractivity contribution in [3.63, 3.8) is 0 Å². The molecule has 0 unspecified atom stereocenters. The summed E-state index contributed by atoms with van der Waals surface area (Å²) >= 11 is 3.36. The molecule has 6 heteroatoms. The molecule has 0 aliphatic carbocycles. The zero-order chi connectivity index (χ0) is 15.3. The van der Waals surface area contributed by atoms with Crippen LogP contribution in [0.3, 0.4) is 0 Å². The van der Waals surface area contributed by atoms with E-state index in [0.717, 1.165) is 18.8 Å². The number of non-ortho nitro benzene ring substituents is 1. The Bertz CT molecular complexity index is 456. The fourth-order valence-corrected chi connectivity index (χ4v) is 2.70. The maximum Gasteiger partial charge on any atom is 0.270 e. The van der Waals surface area contributed by atoms with Crippen LogP contribution in [0.25, 0.3) is 0 Å². The molecule has 1 aromatic rings. The Morgan fingerprint density at radius 2 is 1.90 bits per heavy atom. The topological polar surface area (TPSA) is 58.4 Å². The van der Waals surface area contributed by atoms with Gasteiger partial charge in [-0.3, -0.25) is 15.0 Å². The molecule has 5 nitrogen and oxygen atoms in total. The molecule has 0 fully saturated rings. The standard InChI is InChI=1S/C14H22BrN3O2/c1-10(2)17(11(3)4)8-7-16-14-6-5-12(18(19)20)9-13(14)15/h5-6,9-11,16H,7-8H2,1-4H3. The summed E-state index contributed by atoms with van der Waals surface area (Å²) in [6.45, 7) is 10.5. The summed E-state index contributed by atoms with van der Waals surface area (Å²) in [5.41, 5.74) is 0.969. The molecule has 0 spiro atoms. The highest BCUT2D eigenvalue weighted by atomic mass is 79.9. The third kappa shape index (κ3) is 4.76. The lowest BCUT2D eigenvalue weighted by atomic mass is 10.2. The van der Waals surface area contributed by atoms with Crippen LogP contribution in [0.5, 0.6) is 0 Å². The molecule has 0 bridgehead atoms. The maximum atomic E-state index is 10.7. The largest absolute Gasteiger partial charge is 0.383 e. The lowest BCUT2D eigenvalue weighted by Gasteiger charge is -2.30. The number of halogens is 1. The van der Waals surface area contributed by atoms with Crippen molar-refractivity contribution >= 4 is 27.3 Å². The Labute approximate surface area is 128 Å². The van der Waals surface area contributed by atoms with E-state index in [-0.39, 0.29) is 5.69 Å². The molecule has 0 saturated heterocycles. The van der Waals surface area contributed by atoms with E-state index in [9.17, 15) is 10.1 Å². The summed E-state index contributed by atoms with van der Waals surface area (Å²) in [5, 5.41) is 14.0. The van der Waals surface area contributed by atoms with Crippen LogP contribution in [0, 0.1) is 10.1 Å². The molecule has 0 heterocycles. The number of benzene rings is 1. The third-order valence-electron chi connectivity index (χ3n) is 3.18. The van der Waals surface area contributed by atoms with Crippen molar-refractivity contribution in [2.24, 2.45) is 0 Å². The molecule has 1 aromatic carbocycles. The maximum absolute atomic E-state index is 10.7. The van der Waals surface area contributed by atoms with Gasteiger partial charge in [0.15, 0.2) is 0 Å². The number of nitrogens with zero attached hydrogens (tertiary/aromatic N) is 2. The van der Waals surface area contributed by atoms with Gasteiger partial charge in [-0.1, -0.05) is 0 Å². The van der Waals surface area contributed by atoms with Gasteiger partial charge in [-0.15, -0.1) is 0 Å². The van der Waals surface area contributed by atoms with Crippen LogP contribution >= 0.6 is 15.9 Å². The van der Waals surface area contributed by atoms with Crippen LogP contribution in [0.1, 0.15) is 27.7 Å². The molecular weight excluding hydrogens is 322 g/mol. The Balaban J connectivity index is 2.60. The summed E-state index contributed by atoms with van der Waals surface area (Å²) < 4.78 is 0.715. The number of rotatable bonds is 7. The number of anilines is 1. The Kier molecular flexibility index (Phi) is 6.42. The summed E-state index contributed by atoms with van der Waals surface area (Å²) in [5.74, 6) is 0. The monoisotopic (exact) mass is 343 g/mol. The van der Waals surface area contributed by atoms with Crippen molar-refractivity contribution in [1.29, 1.82) is 0 Å². The minimum absolute atomic E-state index is 0.0911. The summed E-state index contributed by atoms with van der Waals surface area (Å²) in [7, 11) is 0. The molecule has 1 rings (SSSR count). The smallest absolute Gasteiger partial charge is 0.270 e. The quantitative estimate of drug-likeness (QED) is 0.602. The lowest BCUT2D eigenvalue weighted by molar-refractivity contribution is -0.384. The van der Waals surface area contributed by atoms with Crippen molar-refractivity contribution in [1.82, 2.24) is 4.90 Å². The van der Waals surface area contributed by atoms with E-state index < -0.39 is 4.92 Å². The number of hydrogen-bond donors (Lipinski definition) is 1. The number of nitro benzene ring substituents is 1. The lowest BCUT2D eigenvalue weighted by Crippen LogP contribution is -2.40. The van der Waals surface area contributed by atoms with E-state index in [1.807, 2.05) is 0 Å².